The minimum absolute atomic E-state index is 0.0324. The van der Waals surface area contributed by atoms with E-state index in [0.29, 0.717) is 0 Å². The van der Waals surface area contributed by atoms with Crippen molar-refractivity contribution in [1.29, 1.82) is 0 Å². The topological polar surface area (TPSA) is 17.1 Å². The molecular weight excluding hydrogens is 132 g/mol. The van der Waals surface area contributed by atoms with Gasteiger partial charge in [0.15, 0.2) is 0 Å². The molecule has 9 heavy (non-hydrogen) atoms. The van der Waals surface area contributed by atoms with Gasteiger partial charge in [-0.25, -0.2) is 0 Å². The fourth-order valence-electron chi connectivity index (χ4n) is 1.24. The minimum Gasteiger partial charge on any atom is -0.253 e. The first kappa shape index (κ1) is 5.42. The molecule has 2 atom stereocenters. The zero-order chi connectivity index (χ0) is 6.48. The van der Waals surface area contributed by atoms with Crippen LogP contribution in [-0.2, 0) is 10.8 Å². The van der Waals surface area contributed by atoms with Crippen molar-refractivity contribution >= 4 is 10.8 Å². The highest BCUT2D eigenvalue weighted by molar-refractivity contribution is 7.91. The van der Waals surface area contributed by atoms with Crippen molar-refractivity contribution in [3.05, 3.63) is 23.1 Å². The van der Waals surface area contributed by atoms with E-state index >= 15 is 0 Å². The third-order valence-electron chi connectivity index (χ3n) is 1.95. The second-order valence-corrected chi connectivity index (χ2v) is 4.67. The van der Waals surface area contributed by atoms with Gasteiger partial charge in [-0.1, -0.05) is 12.2 Å². The summed E-state index contributed by atoms with van der Waals surface area (Å²) in [6.45, 7) is 2.04. The van der Waals surface area contributed by atoms with Gasteiger partial charge in [0, 0.05) is 4.91 Å². The van der Waals surface area contributed by atoms with Gasteiger partial charge in [0.2, 0.25) is 0 Å². The molecule has 0 saturated heterocycles. The summed E-state index contributed by atoms with van der Waals surface area (Å²) in [7, 11) is -0.717. The maximum absolute atomic E-state index is 11.3. The molecule has 2 heterocycles. The van der Waals surface area contributed by atoms with Crippen molar-refractivity contribution in [3.63, 3.8) is 0 Å². The highest BCUT2D eigenvalue weighted by Crippen LogP contribution is 2.39. The molecule has 0 aromatic heterocycles. The van der Waals surface area contributed by atoms with E-state index in [2.05, 4.69) is 12.2 Å². The second-order valence-electron chi connectivity index (χ2n) is 2.73. The molecule has 0 saturated carbocycles. The van der Waals surface area contributed by atoms with E-state index in [1.54, 1.807) is 0 Å². The molecule has 2 rings (SSSR count). The normalized spacial score (nSPS) is 45.9. The highest BCUT2D eigenvalue weighted by Gasteiger charge is 2.38. The summed E-state index contributed by atoms with van der Waals surface area (Å²) < 4.78 is 11.2. The van der Waals surface area contributed by atoms with Crippen LogP contribution in [0.15, 0.2) is 23.1 Å². The Balaban J connectivity index is 2.59. The quantitative estimate of drug-likeness (QED) is 0.496. The van der Waals surface area contributed by atoms with Crippen LogP contribution in [0.5, 0.6) is 0 Å². The Morgan fingerprint density at radius 1 is 1.78 bits per heavy atom. The molecule has 48 valence electrons. The summed E-state index contributed by atoms with van der Waals surface area (Å²) in [5.41, 5.74) is 0. The van der Waals surface area contributed by atoms with Crippen LogP contribution in [-0.4, -0.2) is 8.96 Å². The van der Waals surface area contributed by atoms with Crippen LogP contribution in [0.3, 0.4) is 0 Å². The van der Waals surface area contributed by atoms with E-state index in [1.807, 2.05) is 13.0 Å². The smallest absolute Gasteiger partial charge is 0.0694 e. The van der Waals surface area contributed by atoms with Gasteiger partial charge in [-0.2, -0.15) is 0 Å². The Morgan fingerprint density at radius 3 is 2.67 bits per heavy atom. The molecule has 2 unspecified atom stereocenters. The van der Waals surface area contributed by atoms with E-state index < -0.39 is 10.8 Å². The maximum atomic E-state index is 11.3. The van der Waals surface area contributed by atoms with Gasteiger partial charge in [0.25, 0.3) is 0 Å². The first-order valence-corrected chi connectivity index (χ1v) is 4.19. The summed E-state index contributed by atoms with van der Waals surface area (Å²) in [6.07, 6.45) is 7.06. The maximum Gasteiger partial charge on any atom is 0.0694 e. The Bertz CT molecular complexity index is 239. The second kappa shape index (κ2) is 1.37. The van der Waals surface area contributed by atoms with Crippen LogP contribution in [0.4, 0.5) is 0 Å². The summed E-state index contributed by atoms with van der Waals surface area (Å²) >= 11 is 0. The first-order valence-electron chi connectivity index (χ1n) is 3.04. The molecule has 2 aliphatic rings. The van der Waals surface area contributed by atoms with Gasteiger partial charge in [-0.15, -0.1) is 0 Å². The SMILES string of the molecule is CC12C=CC(=CC1)S2=O. The van der Waals surface area contributed by atoms with Crippen LogP contribution >= 0.6 is 0 Å². The molecule has 0 spiro atoms. The van der Waals surface area contributed by atoms with Crippen LogP contribution in [0.2, 0.25) is 0 Å². The largest absolute Gasteiger partial charge is 0.253 e. The van der Waals surface area contributed by atoms with Crippen molar-refractivity contribution in [2.75, 3.05) is 0 Å². The Hall–Kier alpha value is -0.370. The van der Waals surface area contributed by atoms with Crippen LogP contribution < -0.4 is 0 Å². The fraction of sp³-hybridized carbons (Fsp3) is 0.429. The molecule has 1 nitrogen and oxygen atoms in total. The van der Waals surface area contributed by atoms with Crippen LogP contribution in [0.1, 0.15) is 13.3 Å². The molecule has 0 aromatic carbocycles. The van der Waals surface area contributed by atoms with Crippen molar-refractivity contribution in [1.82, 2.24) is 0 Å². The minimum atomic E-state index is -0.717. The number of allylic oxidation sites excluding steroid dienone is 2. The van der Waals surface area contributed by atoms with Crippen molar-refractivity contribution in [3.8, 4) is 0 Å². The standard InChI is InChI=1S/C7H8OS/c1-7-4-2-6(3-5-7)9(7)8/h2-4H,5H2,1H3. The molecule has 0 radical (unpaired) electrons. The zero-order valence-corrected chi connectivity index (χ0v) is 6.07. The Morgan fingerprint density at radius 2 is 2.56 bits per heavy atom. The highest BCUT2D eigenvalue weighted by atomic mass is 32.2. The fourth-order valence-corrected chi connectivity index (χ4v) is 2.63. The molecule has 2 heteroatoms. The average molecular weight is 140 g/mol. The molecule has 2 aliphatic heterocycles. The van der Waals surface area contributed by atoms with Crippen LogP contribution in [0, 0.1) is 0 Å². The molecule has 0 aromatic rings. The zero-order valence-electron chi connectivity index (χ0n) is 5.26. The van der Waals surface area contributed by atoms with E-state index in [9.17, 15) is 4.21 Å². The van der Waals surface area contributed by atoms with Crippen molar-refractivity contribution < 1.29 is 4.21 Å². The predicted octanol–water partition coefficient (Wildman–Crippen LogP) is 1.35. The lowest BCUT2D eigenvalue weighted by atomic mass is 10.0. The van der Waals surface area contributed by atoms with Gasteiger partial charge in [-0.05, 0) is 19.4 Å². The molecule has 0 N–H and O–H groups in total. The van der Waals surface area contributed by atoms with Gasteiger partial charge >= 0.3 is 0 Å². The summed E-state index contributed by atoms with van der Waals surface area (Å²) in [5, 5.41) is 0. The Kier molecular flexibility index (Phi) is 0.826. The summed E-state index contributed by atoms with van der Waals surface area (Å²) in [6, 6.07) is 0. The first-order chi connectivity index (χ1) is 4.22. The number of rotatable bonds is 0. The number of hydrogen-bond donors (Lipinski definition) is 0. The van der Waals surface area contributed by atoms with Gasteiger partial charge in [0.1, 0.15) is 0 Å². The lowest BCUT2D eigenvalue weighted by Gasteiger charge is -2.12. The summed E-state index contributed by atoms with van der Waals surface area (Å²) in [5.74, 6) is 0. The predicted molar refractivity (Wildman–Crippen MR) is 38.4 cm³/mol. The van der Waals surface area contributed by atoms with E-state index in [1.165, 1.54) is 0 Å². The third kappa shape index (κ3) is 0.517. The van der Waals surface area contributed by atoms with Gasteiger partial charge < -0.3 is 0 Å². The van der Waals surface area contributed by atoms with E-state index in [0.717, 1.165) is 11.3 Å². The molecule has 0 amide bonds. The molecule has 0 aliphatic carbocycles. The van der Waals surface area contributed by atoms with E-state index in [-0.39, 0.29) is 4.75 Å². The lowest BCUT2D eigenvalue weighted by Crippen LogP contribution is -2.19. The van der Waals surface area contributed by atoms with Gasteiger partial charge in [0.05, 0.1) is 15.5 Å². The summed E-state index contributed by atoms with van der Waals surface area (Å²) in [4.78, 5) is 1.03. The van der Waals surface area contributed by atoms with Crippen LogP contribution in [0.25, 0.3) is 0 Å². The van der Waals surface area contributed by atoms with E-state index in [4.69, 9.17) is 0 Å². The molecule has 2 bridgehead atoms. The lowest BCUT2D eigenvalue weighted by molar-refractivity contribution is 0.666. The molecule has 0 fully saturated rings. The monoisotopic (exact) mass is 140 g/mol. The average Bonchev–Trinajstić information content (AvgIpc) is 2.24. The van der Waals surface area contributed by atoms with Crippen molar-refractivity contribution in [2.24, 2.45) is 0 Å². The van der Waals surface area contributed by atoms with Gasteiger partial charge in [-0.3, -0.25) is 4.21 Å². The number of hydrogen-bond acceptors (Lipinski definition) is 1. The third-order valence-corrected chi connectivity index (χ3v) is 3.83. The number of fused-ring (bicyclic) bond motifs is 2. The molecular formula is C7H8OS. The Labute approximate surface area is 56.9 Å². The van der Waals surface area contributed by atoms with Crippen molar-refractivity contribution in [2.45, 2.75) is 18.1 Å².